The number of carbonyl (C=O) groups excluding carboxylic acids is 1. The predicted molar refractivity (Wildman–Crippen MR) is 192 cm³/mol. The van der Waals surface area contributed by atoms with Crippen LogP contribution in [0.1, 0.15) is 83.8 Å². The second-order valence-electron chi connectivity index (χ2n) is 14.2. The van der Waals surface area contributed by atoms with E-state index in [2.05, 4.69) is 49.6 Å². The number of Topliss-reactive ketones (excluding diaryl/α,β-unsaturated/α-hetero) is 1. The van der Waals surface area contributed by atoms with E-state index in [1.807, 2.05) is 60.7 Å². The number of unbranched alkanes of at least 4 members (excludes halogenated alkanes) is 2. The first kappa shape index (κ1) is 36.8. The van der Waals surface area contributed by atoms with Gasteiger partial charge in [-0.3, -0.25) is 4.79 Å². The van der Waals surface area contributed by atoms with Gasteiger partial charge in [-0.2, -0.15) is 0 Å². The zero-order chi connectivity index (χ0) is 35.6. The summed E-state index contributed by atoms with van der Waals surface area (Å²) in [5.74, 6) is -0.760. The normalized spacial score (nSPS) is 22.0. The fourth-order valence-electron chi connectivity index (χ4n) is 7.44. The van der Waals surface area contributed by atoms with E-state index in [0.717, 1.165) is 51.5 Å². The van der Waals surface area contributed by atoms with Crippen LogP contribution < -0.4 is 9.80 Å². The molecule has 3 aliphatic rings. The molecule has 2 aromatic carbocycles. The van der Waals surface area contributed by atoms with Crippen molar-refractivity contribution in [2.24, 2.45) is 0 Å². The zero-order valence-electron chi connectivity index (χ0n) is 28.8. The zero-order valence-corrected chi connectivity index (χ0v) is 30.4. The van der Waals surface area contributed by atoms with Crippen LogP contribution in [0.15, 0.2) is 95.4 Å². The number of allylic oxidation sites excluding steroid dienone is 8. The number of rotatable bonds is 12. The molecular formula is C38H46N2O7S2-2. The highest BCUT2D eigenvalue weighted by molar-refractivity contribution is 7.85. The van der Waals surface area contributed by atoms with Gasteiger partial charge in [0.25, 0.3) is 0 Å². The Hall–Kier alpha value is -3.51. The summed E-state index contributed by atoms with van der Waals surface area (Å²) in [6.45, 7) is 9.69. The molecule has 9 nitrogen and oxygen atoms in total. The second-order valence-corrected chi connectivity index (χ2v) is 17.2. The average Bonchev–Trinajstić information content (AvgIpc) is 3.37. The maximum atomic E-state index is 13.9. The summed E-state index contributed by atoms with van der Waals surface area (Å²) < 4.78 is 67.0. The highest BCUT2D eigenvalue weighted by Gasteiger charge is 2.40. The first-order chi connectivity index (χ1) is 23.0. The van der Waals surface area contributed by atoms with Crippen LogP contribution in [0.2, 0.25) is 0 Å². The number of para-hydroxylation sites is 2. The van der Waals surface area contributed by atoms with E-state index in [0.29, 0.717) is 38.8 Å². The Bertz CT molecular complexity index is 1800. The van der Waals surface area contributed by atoms with Crippen LogP contribution in [0.5, 0.6) is 0 Å². The summed E-state index contributed by atoms with van der Waals surface area (Å²) in [6.07, 6.45) is 11.7. The lowest BCUT2D eigenvalue weighted by atomic mass is 9.82. The first-order valence-corrected chi connectivity index (χ1v) is 20.1. The molecule has 0 N–H and O–H groups in total. The van der Waals surface area contributed by atoms with E-state index in [9.17, 15) is 30.7 Å². The van der Waals surface area contributed by atoms with Crippen LogP contribution >= 0.6 is 0 Å². The fourth-order valence-corrected chi connectivity index (χ4v) is 8.56. The number of ketones is 1. The van der Waals surface area contributed by atoms with Crippen molar-refractivity contribution < 1.29 is 30.7 Å². The summed E-state index contributed by atoms with van der Waals surface area (Å²) >= 11 is 0. The van der Waals surface area contributed by atoms with Gasteiger partial charge >= 0.3 is 0 Å². The van der Waals surface area contributed by atoms with E-state index >= 15 is 0 Å². The molecule has 0 unspecified atom stereocenters. The molecule has 0 atom stereocenters. The van der Waals surface area contributed by atoms with Crippen molar-refractivity contribution in [3.63, 3.8) is 0 Å². The Morgan fingerprint density at radius 3 is 1.41 bits per heavy atom. The van der Waals surface area contributed by atoms with Crippen molar-refractivity contribution in [3.8, 4) is 0 Å². The van der Waals surface area contributed by atoms with Crippen LogP contribution in [0.25, 0.3) is 0 Å². The third kappa shape index (κ3) is 8.28. The molecule has 0 aromatic heterocycles. The van der Waals surface area contributed by atoms with Crippen LogP contribution in [0.4, 0.5) is 11.4 Å². The molecule has 264 valence electrons. The molecule has 0 bridgehead atoms. The largest absolute Gasteiger partial charge is 0.748 e. The number of fused-ring (bicyclic) bond motifs is 2. The number of hydrogen-bond donors (Lipinski definition) is 0. The highest BCUT2D eigenvalue weighted by Crippen LogP contribution is 2.49. The third-order valence-electron chi connectivity index (χ3n) is 10.0. The van der Waals surface area contributed by atoms with Crippen molar-refractivity contribution >= 4 is 37.4 Å². The Morgan fingerprint density at radius 2 is 1.02 bits per heavy atom. The molecule has 2 aromatic rings. The first-order valence-electron chi connectivity index (χ1n) is 17.0. The van der Waals surface area contributed by atoms with E-state index in [1.165, 1.54) is 0 Å². The Morgan fingerprint density at radius 1 is 0.633 bits per heavy atom. The van der Waals surface area contributed by atoms with Gasteiger partial charge in [0.2, 0.25) is 0 Å². The molecule has 2 heterocycles. The Balaban J connectivity index is 1.40. The van der Waals surface area contributed by atoms with Crippen molar-refractivity contribution in [2.75, 3.05) is 34.4 Å². The van der Waals surface area contributed by atoms with Gasteiger partial charge < -0.3 is 18.9 Å². The van der Waals surface area contributed by atoms with Crippen molar-refractivity contribution in [3.05, 3.63) is 107 Å². The number of carbonyl (C=O) groups is 1. The molecule has 0 amide bonds. The highest BCUT2D eigenvalue weighted by atomic mass is 32.2. The molecule has 1 aliphatic carbocycles. The van der Waals surface area contributed by atoms with Crippen molar-refractivity contribution in [1.29, 1.82) is 0 Å². The Kier molecular flexibility index (Phi) is 10.8. The van der Waals surface area contributed by atoms with Gasteiger partial charge in [0, 0.05) is 58.2 Å². The SMILES string of the molecule is CC1(C)/C(=C\C=C2/CCC/C(=C\C=C3\N(CCCCS(=O)(=O)[O-])c4ccccc4C3(C)C)C2=O)N(CCCCS(=O)(=O)[O-])c2ccccc21. The van der Waals surface area contributed by atoms with Gasteiger partial charge in [-0.05, 0) is 91.5 Å². The molecular weight excluding hydrogens is 661 g/mol. The smallest absolute Gasteiger partial charge is 0.184 e. The van der Waals surface area contributed by atoms with Crippen LogP contribution in [-0.2, 0) is 35.9 Å². The van der Waals surface area contributed by atoms with Gasteiger partial charge in [-0.25, -0.2) is 16.8 Å². The molecule has 11 heteroatoms. The standard InChI is InChI=1S/C38H48N2O7S2/c1-37(2)30-16-5-7-18-32(30)39(24-9-11-26-48(42,43)44)34(37)22-20-28-14-13-15-29(36(28)41)21-23-35-38(3,4)31-17-6-8-19-33(31)40(35)25-10-12-27-49(45,46)47/h5-8,16-23H,9-15,24-27H2,1-4H3,(H,42,43,44)(H,45,46,47)/p-2/b28-20+,29-21+,34-22+,35-23+. The second kappa shape index (κ2) is 14.4. The summed E-state index contributed by atoms with van der Waals surface area (Å²) in [7, 11) is -8.54. The molecule has 5 rings (SSSR count). The van der Waals surface area contributed by atoms with E-state index in [-0.39, 0.29) is 41.0 Å². The number of anilines is 2. The van der Waals surface area contributed by atoms with Crippen LogP contribution in [0, 0.1) is 0 Å². The molecule has 2 aliphatic heterocycles. The third-order valence-corrected chi connectivity index (χ3v) is 11.6. The minimum absolute atomic E-state index is 0.0148. The quantitative estimate of drug-likeness (QED) is 0.136. The average molecular weight is 707 g/mol. The van der Waals surface area contributed by atoms with Crippen molar-refractivity contribution in [2.45, 2.75) is 83.5 Å². The molecule has 0 saturated heterocycles. The van der Waals surface area contributed by atoms with Crippen LogP contribution in [0.3, 0.4) is 0 Å². The monoisotopic (exact) mass is 706 g/mol. The van der Waals surface area contributed by atoms with E-state index in [1.54, 1.807) is 0 Å². The van der Waals surface area contributed by atoms with Crippen molar-refractivity contribution in [1.82, 2.24) is 0 Å². The summed E-state index contributed by atoms with van der Waals surface area (Å²) in [5.41, 5.74) is 7.20. The molecule has 1 saturated carbocycles. The lowest BCUT2D eigenvalue weighted by Crippen LogP contribution is -2.27. The van der Waals surface area contributed by atoms with E-state index < -0.39 is 20.2 Å². The minimum atomic E-state index is -4.27. The van der Waals surface area contributed by atoms with Gasteiger partial charge in [0.1, 0.15) is 0 Å². The number of hydrogen-bond acceptors (Lipinski definition) is 9. The fraction of sp³-hybridized carbons (Fsp3) is 0.447. The summed E-state index contributed by atoms with van der Waals surface area (Å²) in [4.78, 5) is 18.2. The lowest BCUT2D eigenvalue weighted by Gasteiger charge is -2.27. The molecule has 0 radical (unpaired) electrons. The predicted octanol–water partition coefficient (Wildman–Crippen LogP) is 6.61. The Labute approximate surface area is 291 Å². The molecule has 0 spiro atoms. The van der Waals surface area contributed by atoms with Gasteiger partial charge in [-0.1, -0.05) is 76.2 Å². The van der Waals surface area contributed by atoms with Gasteiger partial charge in [0.05, 0.1) is 20.2 Å². The van der Waals surface area contributed by atoms with E-state index in [4.69, 9.17) is 0 Å². The molecule has 49 heavy (non-hydrogen) atoms. The maximum absolute atomic E-state index is 13.9. The summed E-state index contributed by atoms with van der Waals surface area (Å²) in [6, 6.07) is 16.2. The topological polar surface area (TPSA) is 138 Å². The number of benzene rings is 2. The number of nitrogens with zero attached hydrogens (tertiary/aromatic N) is 2. The minimum Gasteiger partial charge on any atom is -0.748 e. The maximum Gasteiger partial charge on any atom is 0.184 e. The van der Waals surface area contributed by atoms with Crippen LogP contribution in [-0.4, -0.2) is 56.3 Å². The van der Waals surface area contributed by atoms with Gasteiger partial charge in [0.15, 0.2) is 5.78 Å². The summed E-state index contributed by atoms with van der Waals surface area (Å²) in [5, 5.41) is 0. The lowest BCUT2D eigenvalue weighted by molar-refractivity contribution is -0.113. The van der Waals surface area contributed by atoms with Gasteiger partial charge in [-0.15, -0.1) is 0 Å². The molecule has 1 fully saturated rings.